The van der Waals surface area contributed by atoms with Crippen molar-refractivity contribution in [2.24, 2.45) is 0 Å². The SMILES string of the molecule is CCCOc1cccc(C(=O)NC(=S)Nc2cc(NC(=O)CC)ccc2Cl)c1. The van der Waals surface area contributed by atoms with Crippen molar-refractivity contribution in [1.82, 2.24) is 5.32 Å². The first-order chi connectivity index (χ1) is 13.4. The van der Waals surface area contributed by atoms with Crippen LogP contribution < -0.4 is 20.7 Å². The van der Waals surface area contributed by atoms with Gasteiger partial charge in [0.1, 0.15) is 5.75 Å². The molecule has 0 aliphatic carbocycles. The molecule has 0 spiro atoms. The predicted octanol–water partition coefficient (Wildman–Crippen LogP) is 4.60. The lowest BCUT2D eigenvalue weighted by Gasteiger charge is -2.13. The van der Waals surface area contributed by atoms with E-state index in [2.05, 4.69) is 16.0 Å². The van der Waals surface area contributed by atoms with Crippen LogP contribution in [0.5, 0.6) is 5.75 Å². The van der Waals surface area contributed by atoms with Gasteiger partial charge in [-0.2, -0.15) is 0 Å². The molecule has 0 aliphatic heterocycles. The average molecular weight is 420 g/mol. The van der Waals surface area contributed by atoms with Gasteiger partial charge in [-0.3, -0.25) is 14.9 Å². The quantitative estimate of drug-likeness (QED) is 0.571. The molecule has 28 heavy (non-hydrogen) atoms. The van der Waals surface area contributed by atoms with E-state index < -0.39 is 0 Å². The summed E-state index contributed by atoms with van der Waals surface area (Å²) in [5.74, 6) is 0.135. The summed E-state index contributed by atoms with van der Waals surface area (Å²) in [5, 5.41) is 8.72. The van der Waals surface area contributed by atoms with Crippen LogP contribution in [0.25, 0.3) is 0 Å². The Hall–Kier alpha value is -2.64. The molecular formula is C20H22ClN3O3S. The van der Waals surface area contributed by atoms with Gasteiger partial charge < -0.3 is 15.4 Å². The number of thiocarbonyl (C=S) groups is 1. The molecule has 2 aromatic carbocycles. The molecule has 0 saturated carbocycles. The number of ether oxygens (including phenoxy) is 1. The van der Waals surface area contributed by atoms with Crippen LogP contribution >= 0.6 is 23.8 Å². The fraction of sp³-hybridized carbons (Fsp3) is 0.250. The highest BCUT2D eigenvalue weighted by molar-refractivity contribution is 7.80. The van der Waals surface area contributed by atoms with Gasteiger partial charge in [-0.25, -0.2) is 0 Å². The maximum atomic E-state index is 12.4. The molecule has 8 heteroatoms. The third-order valence-corrected chi connectivity index (χ3v) is 4.15. The molecule has 2 rings (SSSR count). The maximum Gasteiger partial charge on any atom is 0.257 e. The summed E-state index contributed by atoms with van der Waals surface area (Å²) in [6, 6.07) is 11.8. The normalized spacial score (nSPS) is 10.1. The summed E-state index contributed by atoms with van der Waals surface area (Å²) in [7, 11) is 0. The van der Waals surface area contributed by atoms with Crippen molar-refractivity contribution in [3.05, 3.63) is 53.1 Å². The molecule has 0 aliphatic rings. The minimum atomic E-state index is -0.369. The van der Waals surface area contributed by atoms with E-state index >= 15 is 0 Å². The standard InChI is InChI=1S/C20H22ClN3O3S/c1-3-10-27-15-7-5-6-13(11-15)19(26)24-20(28)23-17-12-14(8-9-16(17)21)22-18(25)4-2/h5-9,11-12H,3-4,10H2,1-2H3,(H,22,25)(H2,23,24,26,28). The van der Waals surface area contributed by atoms with Crippen molar-refractivity contribution in [2.75, 3.05) is 17.2 Å². The molecule has 148 valence electrons. The van der Waals surface area contributed by atoms with Gasteiger partial charge in [0, 0.05) is 17.7 Å². The number of anilines is 2. The number of halogens is 1. The molecule has 2 amide bonds. The first kappa shape index (κ1) is 21.7. The lowest BCUT2D eigenvalue weighted by atomic mass is 10.2. The fourth-order valence-electron chi connectivity index (χ4n) is 2.22. The second-order valence-electron chi connectivity index (χ2n) is 5.88. The molecule has 0 fully saturated rings. The Morgan fingerprint density at radius 2 is 1.89 bits per heavy atom. The van der Waals surface area contributed by atoms with Gasteiger partial charge in [0.05, 0.1) is 17.3 Å². The van der Waals surface area contributed by atoms with Gasteiger partial charge in [0.2, 0.25) is 5.91 Å². The van der Waals surface area contributed by atoms with Gasteiger partial charge in [-0.15, -0.1) is 0 Å². The number of benzene rings is 2. The minimum absolute atomic E-state index is 0.0887. The number of rotatable bonds is 7. The maximum absolute atomic E-state index is 12.4. The van der Waals surface area contributed by atoms with E-state index in [-0.39, 0.29) is 16.9 Å². The highest BCUT2D eigenvalue weighted by Crippen LogP contribution is 2.25. The highest BCUT2D eigenvalue weighted by Gasteiger charge is 2.11. The number of carbonyl (C=O) groups excluding carboxylic acids is 2. The second-order valence-corrected chi connectivity index (χ2v) is 6.70. The van der Waals surface area contributed by atoms with Crippen LogP contribution in [0.4, 0.5) is 11.4 Å². The van der Waals surface area contributed by atoms with Crippen LogP contribution in [-0.2, 0) is 4.79 Å². The summed E-state index contributed by atoms with van der Waals surface area (Å²) in [4.78, 5) is 24.0. The summed E-state index contributed by atoms with van der Waals surface area (Å²) in [6.45, 7) is 4.35. The fourth-order valence-corrected chi connectivity index (χ4v) is 2.59. The summed E-state index contributed by atoms with van der Waals surface area (Å²) in [6.07, 6.45) is 1.24. The van der Waals surface area contributed by atoms with E-state index in [1.54, 1.807) is 49.4 Å². The van der Waals surface area contributed by atoms with Crippen LogP contribution in [0.3, 0.4) is 0 Å². The number of hydrogen-bond acceptors (Lipinski definition) is 4. The molecule has 0 radical (unpaired) electrons. The number of nitrogens with one attached hydrogen (secondary N) is 3. The Kier molecular flexibility index (Phi) is 8.22. The molecule has 0 aromatic heterocycles. The Balaban J connectivity index is 2.02. The third-order valence-electron chi connectivity index (χ3n) is 3.62. The monoisotopic (exact) mass is 419 g/mol. The van der Waals surface area contributed by atoms with Crippen molar-refractivity contribution in [3.63, 3.8) is 0 Å². The molecule has 2 aromatic rings. The Labute approximate surface area is 174 Å². The summed E-state index contributed by atoms with van der Waals surface area (Å²) in [5.41, 5.74) is 1.47. The van der Waals surface area contributed by atoms with E-state index in [1.165, 1.54) is 0 Å². The van der Waals surface area contributed by atoms with Crippen molar-refractivity contribution in [3.8, 4) is 5.75 Å². The zero-order chi connectivity index (χ0) is 20.5. The van der Waals surface area contributed by atoms with Crippen LogP contribution in [0, 0.1) is 0 Å². The molecule has 0 atom stereocenters. The van der Waals surface area contributed by atoms with E-state index in [0.717, 1.165) is 6.42 Å². The summed E-state index contributed by atoms with van der Waals surface area (Å²) >= 11 is 11.4. The number of carbonyl (C=O) groups is 2. The molecule has 3 N–H and O–H groups in total. The number of amides is 2. The van der Waals surface area contributed by atoms with Gasteiger partial charge in [0.25, 0.3) is 5.91 Å². The molecule has 0 bridgehead atoms. The molecule has 0 unspecified atom stereocenters. The minimum Gasteiger partial charge on any atom is -0.494 e. The lowest BCUT2D eigenvalue weighted by molar-refractivity contribution is -0.115. The van der Waals surface area contributed by atoms with Crippen LogP contribution in [-0.4, -0.2) is 23.5 Å². The van der Waals surface area contributed by atoms with Gasteiger partial charge in [-0.1, -0.05) is 31.5 Å². The average Bonchev–Trinajstić information content (AvgIpc) is 2.69. The first-order valence-electron chi connectivity index (χ1n) is 8.87. The molecule has 0 heterocycles. The van der Waals surface area contributed by atoms with Crippen LogP contribution in [0.15, 0.2) is 42.5 Å². The Bertz CT molecular complexity index is 874. The molecular weight excluding hydrogens is 398 g/mol. The van der Waals surface area contributed by atoms with Crippen LogP contribution in [0.2, 0.25) is 5.02 Å². The molecule has 0 saturated heterocycles. The number of hydrogen-bond donors (Lipinski definition) is 3. The Morgan fingerprint density at radius 3 is 2.61 bits per heavy atom. The first-order valence-corrected chi connectivity index (χ1v) is 9.66. The smallest absolute Gasteiger partial charge is 0.257 e. The van der Waals surface area contributed by atoms with E-state index in [1.807, 2.05) is 6.92 Å². The van der Waals surface area contributed by atoms with Gasteiger partial charge >= 0.3 is 0 Å². The van der Waals surface area contributed by atoms with Crippen molar-refractivity contribution < 1.29 is 14.3 Å². The zero-order valence-electron chi connectivity index (χ0n) is 15.7. The third kappa shape index (κ3) is 6.51. The van der Waals surface area contributed by atoms with Crippen LogP contribution in [0.1, 0.15) is 37.0 Å². The largest absolute Gasteiger partial charge is 0.494 e. The zero-order valence-corrected chi connectivity index (χ0v) is 17.2. The van der Waals surface area contributed by atoms with E-state index in [0.29, 0.717) is 40.7 Å². The molecule has 6 nitrogen and oxygen atoms in total. The van der Waals surface area contributed by atoms with Gasteiger partial charge in [0.15, 0.2) is 5.11 Å². The van der Waals surface area contributed by atoms with Gasteiger partial charge in [-0.05, 0) is 55.0 Å². The Morgan fingerprint density at radius 1 is 1.11 bits per heavy atom. The summed E-state index contributed by atoms with van der Waals surface area (Å²) < 4.78 is 5.54. The van der Waals surface area contributed by atoms with Crippen molar-refractivity contribution >= 4 is 52.1 Å². The lowest BCUT2D eigenvalue weighted by Crippen LogP contribution is -2.34. The van der Waals surface area contributed by atoms with Crippen molar-refractivity contribution in [2.45, 2.75) is 26.7 Å². The topological polar surface area (TPSA) is 79.5 Å². The highest BCUT2D eigenvalue weighted by atomic mass is 35.5. The predicted molar refractivity (Wildman–Crippen MR) is 116 cm³/mol. The van der Waals surface area contributed by atoms with Crippen molar-refractivity contribution in [1.29, 1.82) is 0 Å². The van der Waals surface area contributed by atoms with E-state index in [4.69, 9.17) is 28.6 Å². The second kappa shape index (κ2) is 10.6. The van der Waals surface area contributed by atoms with E-state index in [9.17, 15) is 9.59 Å².